The summed E-state index contributed by atoms with van der Waals surface area (Å²) in [5.74, 6) is 0.570. The minimum Gasteiger partial charge on any atom is -0.744 e. The molecule has 0 bridgehead atoms. The van der Waals surface area contributed by atoms with Crippen LogP contribution in [0, 0.1) is 0 Å². The molecule has 0 atom stereocenters. The van der Waals surface area contributed by atoms with Gasteiger partial charge >= 0.3 is 51.4 Å². The molecule has 0 radical (unpaired) electrons. The number of para-hydroxylation sites is 1. The van der Waals surface area contributed by atoms with Crippen molar-refractivity contribution in [3.8, 4) is 11.5 Å². The van der Waals surface area contributed by atoms with Gasteiger partial charge in [0, 0.05) is 0 Å². The van der Waals surface area contributed by atoms with Gasteiger partial charge in [0.05, 0.1) is 4.90 Å². The van der Waals surface area contributed by atoms with Gasteiger partial charge in [-0.1, -0.05) is 56.9 Å². The van der Waals surface area contributed by atoms with Gasteiger partial charge in [-0.3, -0.25) is 0 Å². The molecule has 2 aromatic carbocycles. The summed E-state index contributed by atoms with van der Waals surface area (Å²) in [6, 6.07) is 13.4. The summed E-state index contributed by atoms with van der Waals surface area (Å²) < 4.78 is 39.3. The van der Waals surface area contributed by atoms with Crippen molar-refractivity contribution in [1.82, 2.24) is 0 Å². The zero-order valence-corrected chi connectivity index (χ0v) is 18.8. The van der Waals surface area contributed by atoms with Crippen LogP contribution in [0.4, 0.5) is 0 Å². The molecule has 0 saturated carbocycles. The zero-order valence-electron chi connectivity index (χ0n) is 14.9. The second kappa shape index (κ2) is 11.5. The largest absolute Gasteiger partial charge is 1.00 e. The molecule has 130 valence electrons. The third-order valence-corrected chi connectivity index (χ3v) is 4.71. The van der Waals surface area contributed by atoms with Gasteiger partial charge in [0.1, 0.15) is 21.6 Å². The van der Waals surface area contributed by atoms with Gasteiger partial charge < -0.3 is 9.29 Å². The summed E-state index contributed by atoms with van der Waals surface area (Å²) in [6.07, 6.45) is 7.23. The van der Waals surface area contributed by atoms with Crippen LogP contribution in [0.25, 0.3) is 0 Å². The molecule has 0 saturated heterocycles. The molecule has 0 heterocycles. The first-order valence-corrected chi connectivity index (χ1v) is 9.73. The molecule has 0 amide bonds. The van der Waals surface area contributed by atoms with E-state index in [0.29, 0.717) is 5.75 Å². The fourth-order valence-corrected chi connectivity index (χ4v) is 3.13. The third-order valence-electron chi connectivity index (χ3n) is 3.84. The Bertz CT molecular complexity index is 742. The van der Waals surface area contributed by atoms with Crippen molar-refractivity contribution in [2.24, 2.45) is 0 Å². The van der Waals surface area contributed by atoms with E-state index in [0.717, 1.165) is 12.8 Å². The maximum atomic E-state index is 11.3. The van der Waals surface area contributed by atoms with E-state index in [1.807, 2.05) is 12.1 Å². The molecule has 0 aliphatic heterocycles. The molecule has 25 heavy (non-hydrogen) atoms. The van der Waals surface area contributed by atoms with E-state index in [9.17, 15) is 13.0 Å². The van der Waals surface area contributed by atoms with Crippen LogP contribution in [-0.2, 0) is 16.5 Å². The van der Waals surface area contributed by atoms with Crippen molar-refractivity contribution in [2.75, 3.05) is 0 Å². The van der Waals surface area contributed by atoms with Crippen molar-refractivity contribution >= 4 is 10.1 Å². The van der Waals surface area contributed by atoms with Gasteiger partial charge in [0.25, 0.3) is 0 Å². The van der Waals surface area contributed by atoms with Crippen molar-refractivity contribution in [3.05, 3.63) is 54.1 Å². The van der Waals surface area contributed by atoms with Crippen LogP contribution in [-0.4, -0.2) is 13.0 Å². The standard InChI is InChI=1S/C19H24O4S.K/c1-2-3-4-5-6-9-16-12-14-17(15-13-16)23-18-10-7-8-11-19(18)24(20,21)22;/h7-8,10-15H,2-6,9H2,1H3,(H,20,21,22);/q;+1/p-1. The number of hydrogen-bond donors (Lipinski definition) is 0. The predicted molar refractivity (Wildman–Crippen MR) is 93.4 cm³/mol. The predicted octanol–water partition coefficient (Wildman–Crippen LogP) is 1.90. The Balaban J connectivity index is 0.00000312. The summed E-state index contributed by atoms with van der Waals surface area (Å²) in [4.78, 5) is -0.343. The molecule has 0 N–H and O–H groups in total. The first-order valence-electron chi connectivity index (χ1n) is 8.32. The Morgan fingerprint density at radius 2 is 1.56 bits per heavy atom. The third kappa shape index (κ3) is 7.91. The van der Waals surface area contributed by atoms with Crippen LogP contribution < -0.4 is 56.1 Å². The normalized spacial score (nSPS) is 11.0. The first kappa shape index (κ1) is 22.8. The molecule has 0 aromatic heterocycles. The molecule has 2 aromatic rings. The van der Waals surface area contributed by atoms with Crippen LogP contribution in [0.2, 0.25) is 0 Å². The molecular weight excluding hydrogens is 363 g/mol. The number of ether oxygens (including phenoxy) is 1. The van der Waals surface area contributed by atoms with Crippen LogP contribution in [0.5, 0.6) is 11.5 Å². The van der Waals surface area contributed by atoms with Crippen molar-refractivity contribution in [3.63, 3.8) is 0 Å². The molecule has 0 aliphatic carbocycles. The SMILES string of the molecule is CCCCCCCc1ccc(Oc2ccccc2S(=O)(=O)[O-])cc1.[K+]. The Morgan fingerprint density at radius 3 is 2.20 bits per heavy atom. The number of benzene rings is 2. The fraction of sp³-hybridized carbons (Fsp3) is 0.368. The Morgan fingerprint density at radius 1 is 0.920 bits per heavy atom. The van der Waals surface area contributed by atoms with Gasteiger partial charge in [-0.2, -0.15) is 0 Å². The van der Waals surface area contributed by atoms with E-state index in [4.69, 9.17) is 4.74 Å². The summed E-state index contributed by atoms with van der Waals surface area (Å²) in [6.45, 7) is 2.20. The van der Waals surface area contributed by atoms with Gasteiger partial charge in [-0.25, -0.2) is 8.42 Å². The van der Waals surface area contributed by atoms with E-state index in [2.05, 4.69) is 6.92 Å². The Kier molecular flexibility index (Phi) is 10.5. The number of hydrogen-bond acceptors (Lipinski definition) is 4. The van der Waals surface area contributed by atoms with Crippen molar-refractivity contribution in [2.45, 2.75) is 50.3 Å². The summed E-state index contributed by atoms with van der Waals surface area (Å²) in [5, 5.41) is 0. The van der Waals surface area contributed by atoms with Crippen molar-refractivity contribution in [1.29, 1.82) is 0 Å². The average Bonchev–Trinajstić information content (AvgIpc) is 2.56. The molecule has 2 rings (SSSR count). The Hall–Kier alpha value is -0.214. The molecule has 0 fully saturated rings. The topological polar surface area (TPSA) is 66.4 Å². The van der Waals surface area contributed by atoms with E-state index in [-0.39, 0.29) is 62.0 Å². The average molecular weight is 387 g/mol. The van der Waals surface area contributed by atoms with E-state index in [1.54, 1.807) is 18.2 Å². The molecule has 0 aliphatic rings. The van der Waals surface area contributed by atoms with Crippen LogP contribution in [0.1, 0.15) is 44.6 Å². The van der Waals surface area contributed by atoms with Gasteiger partial charge in [-0.05, 0) is 42.7 Å². The monoisotopic (exact) mass is 386 g/mol. The van der Waals surface area contributed by atoms with Crippen LogP contribution >= 0.6 is 0 Å². The maximum Gasteiger partial charge on any atom is 1.00 e. The molecular formula is C19H23KO4S. The van der Waals surface area contributed by atoms with E-state index < -0.39 is 10.1 Å². The minimum absolute atomic E-state index is 0. The van der Waals surface area contributed by atoms with Crippen molar-refractivity contribution < 1.29 is 69.1 Å². The smallest absolute Gasteiger partial charge is 0.744 e. The minimum atomic E-state index is -4.56. The Labute approximate surface area is 193 Å². The maximum absolute atomic E-state index is 11.3. The van der Waals surface area contributed by atoms with Crippen LogP contribution in [0.15, 0.2) is 53.4 Å². The first-order chi connectivity index (χ1) is 11.5. The number of aryl methyl sites for hydroxylation is 1. The number of unbranched alkanes of at least 4 members (excludes halogenated alkanes) is 4. The zero-order chi connectivity index (χ0) is 17.4. The fourth-order valence-electron chi connectivity index (χ4n) is 2.52. The van der Waals surface area contributed by atoms with E-state index >= 15 is 0 Å². The number of rotatable bonds is 9. The second-order valence-corrected chi connectivity index (χ2v) is 7.16. The summed E-state index contributed by atoms with van der Waals surface area (Å²) in [7, 11) is -4.56. The quantitative estimate of drug-likeness (QED) is 0.375. The van der Waals surface area contributed by atoms with Crippen LogP contribution in [0.3, 0.4) is 0 Å². The molecule has 0 spiro atoms. The molecule has 6 heteroatoms. The second-order valence-electron chi connectivity index (χ2n) is 5.81. The summed E-state index contributed by atoms with van der Waals surface area (Å²) in [5.41, 5.74) is 1.23. The molecule has 4 nitrogen and oxygen atoms in total. The molecule has 0 unspecified atom stereocenters. The van der Waals surface area contributed by atoms with Gasteiger partial charge in [-0.15, -0.1) is 0 Å². The van der Waals surface area contributed by atoms with Gasteiger partial charge in [0.15, 0.2) is 0 Å². The van der Waals surface area contributed by atoms with Gasteiger partial charge in [0.2, 0.25) is 0 Å². The van der Waals surface area contributed by atoms with E-state index in [1.165, 1.54) is 49.4 Å². The summed E-state index contributed by atoms with van der Waals surface area (Å²) >= 11 is 0.